The number of thioether (sulfide) groups is 1. The molecule has 0 saturated heterocycles. The third-order valence-electron chi connectivity index (χ3n) is 3.77. The summed E-state index contributed by atoms with van der Waals surface area (Å²) >= 11 is 1.33. The lowest BCUT2D eigenvalue weighted by Gasteiger charge is -2.18. The predicted molar refractivity (Wildman–Crippen MR) is 101 cm³/mol. The minimum absolute atomic E-state index is 0.125. The SMILES string of the molecule is Cc1ccc(NC(=O)NC(=O)CSc2ccc3c(c2)OCCO3)c(C)c1. The lowest BCUT2D eigenvalue weighted by molar-refractivity contribution is -0.117. The van der Waals surface area contributed by atoms with Crippen LogP contribution < -0.4 is 20.1 Å². The van der Waals surface area contributed by atoms with Crippen LogP contribution in [0.25, 0.3) is 0 Å². The highest BCUT2D eigenvalue weighted by Crippen LogP contribution is 2.34. The van der Waals surface area contributed by atoms with Crippen LogP contribution in [-0.2, 0) is 4.79 Å². The highest BCUT2D eigenvalue weighted by atomic mass is 32.2. The standard InChI is InChI=1S/C19H20N2O4S/c1-12-3-5-15(13(2)9-12)20-19(23)21-18(22)11-26-14-4-6-16-17(10-14)25-8-7-24-16/h3-6,9-10H,7-8,11H2,1-2H3,(H2,20,21,22,23). The lowest BCUT2D eigenvalue weighted by Crippen LogP contribution is -2.35. The minimum Gasteiger partial charge on any atom is -0.486 e. The molecule has 26 heavy (non-hydrogen) atoms. The topological polar surface area (TPSA) is 76.7 Å². The van der Waals surface area contributed by atoms with Gasteiger partial charge in [-0.1, -0.05) is 17.7 Å². The van der Waals surface area contributed by atoms with Crippen molar-refractivity contribution in [2.45, 2.75) is 18.7 Å². The van der Waals surface area contributed by atoms with Gasteiger partial charge in [-0.05, 0) is 43.7 Å². The molecule has 1 aliphatic heterocycles. The van der Waals surface area contributed by atoms with Gasteiger partial charge in [0.1, 0.15) is 13.2 Å². The average molecular weight is 372 g/mol. The molecule has 0 saturated carbocycles. The van der Waals surface area contributed by atoms with Gasteiger partial charge >= 0.3 is 6.03 Å². The van der Waals surface area contributed by atoms with E-state index in [1.165, 1.54) is 11.8 Å². The predicted octanol–water partition coefficient (Wildman–Crippen LogP) is 3.52. The Balaban J connectivity index is 1.50. The first-order valence-corrected chi connectivity index (χ1v) is 9.20. The first-order chi connectivity index (χ1) is 12.5. The first kappa shape index (κ1) is 18.1. The van der Waals surface area contributed by atoms with E-state index in [1.54, 1.807) is 0 Å². The number of imide groups is 1. The summed E-state index contributed by atoms with van der Waals surface area (Å²) in [6.45, 7) is 4.94. The van der Waals surface area contributed by atoms with E-state index in [0.717, 1.165) is 16.0 Å². The summed E-state index contributed by atoms with van der Waals surface area (Å²) in [6.07, 6.45) is 0. The Morgan fingerprint density at radius 1 is 1.04 bits per heavy atom. The van der Waals surface area contributed by atoms with E-state index in [9.17, 15) is 9.59 Å². The Morgan fingerprint density at radius 2 is 1.81 bits per heavy atom. The van der Waals surface area contributed by atoms with Crippen LogP contribution in [0.4, 0.5) is 10.5 Å². The van der Waals surface area contributed by atoms with Gasteiger partial charge in [-0.25, -0.2) is 4.79 Å². The summed E-state index contributed by atoms with van der Waals surface area (Å²) in [5.41, 5.74) is 2.74. The molecule has 2 aromatic carbocycles. The summed E-state index contributed by atoms with van der Waals surface area (Å²) < 4.78 is 11.0. The fraction of sp³-hybridized carbons (Fsp3) is 0.263. The van der Waals surface area contributed by atoms with Gasteiger partial charge < -0.3 is 14.8 Å². The van der Waals surface area contributed by atoms with Gasteiger partial charge in [0.05, 0.1) is 5.75 Å². The highest BCUT2D eigenvalue weighted by molar-refractivity contribution is 8.00. The van der Waals surface area contributed by atoms with Crippen molar-refractivity contribution >= 4 is 29.4 Å². The molecule has 7 heteroatoms. The van der Waals surface area contributed by atoms with Gasteiger partial charge in [0, 0.05) is 10.6 Å². The van der Waals surface area contributed by atoms with Gasteiger partial charge in [-0.2, -0.15) is 0 Å². The lowest BCUT2D eigenvalue weighted by atomic mass is 10.1. The van der Waals surface area contributed by atoms with Crippen LogP contribution in [0.15, 0.2) is 41.3 Å². The second kappa shape index (κ2) is 8.14. The molecule has 0 fully saturated rings. The molecule has 0 aromatic heterocycles. The Kier molecular flexibility index (Phi) is 5.68. The summed E-state index contributed by atoms with van der Waals surface area (Å²) in [4.78, 5) is 24.8. The van der Waals surface area contributed by atoms with Crippen molar-refractivity contribution in [2.75, 3.05) is 24.3 Å². The molecule has 0 atom stereocenters. The van der Waals surface area contributed by atoms with Crippen LogP contribution in [0.3, 0.4) is 0 Å². The maximum Gasteiger partial charge on any atom is 0.325 e. The molecule has 3 amide bonds. The van der Waals surface area contributed by atoms with Crippen molar-refractivity contribution in [2.24, 2.45) is 0 Å². The number of fused-ring (bicyclic) bond motifs is 1. The first-order valence-electron chi connectivity index (χ1n) is 8.22. The van der Waals surface area contributed by atoms with Gasteiger partial charge in [0.2, 0.25) is 5.91 Å². The van der Waals surface area contributed by atoms with Gasteiger partial charge in [0.25, 0.3) is 0 Å². The van der Waals surface area contributed by atoms with Gasteiger partial charge in [0.15, 0.2) is 11.5 Å². The van der Waals surface area contributed by atoms with Crippen molar-refractivity contribution in [1.82, 2.24) is 5.32 Å². The number of ether oxygens (including phenoxy) is 2. The minimum atomic E-state index is -0.537. The number of aryl methyl sites for hydroxylation is 2. The average Bonchev–Trinajstić information content (AvgIpc) is 2.62. The molecule has 6 nitrogen and oxygen atoms in total. The Morgan fingerprint density at radius 3 is 2.58 bits per heavy atom. The van der Waals surface area contributed by atoms with E-state index >= 15 is 0 Å². The van der Waals surface area contributed by atoms with Crippen LogP contribution in [0.2, 0.25) is 0 Å². The molecule has 136 valence electrons. The number of amides is 3. The molecule has 1 heterocycles. The zero-order valence-electron chi connectivity index (χ0n) is 14.6. The van der Waals surface area contributed by atoms with E-state index in [1.807, 2.05) is 50.2 Å². The molecular formula is C19H20N2O4S. The van der Waals surface area contributed by atoms with E-state index in [-0.39, 0.29) is 11.7 Å². The van der Waals surface area contributed by atoms with E-state index < -0.39 is 6.03 Å². The number of carbonyl (C=O) groups excluding carboxylic acids is 2. The van der Waals surface area contributed by atoms with E-state index in [2.05, 4.69) is 10.6 Å². The number of benzene rings is 2. The molecule has 0 aliphatic carbocycles. The molecule has 0 unspecified atom stereocenters. The van der Waals surface area contributed by atoms with Gasteiger partial charge in [-0.15, -0.1) is 11.8 Å². The maximum atomic E-state index is 12.0. The highest BCUT2D eigenvalue weighted by Gasteiger charge is 2.14. The van der Waals surface area contributed by atoms with E-state index in [0.29, 0.717) is 30.4 Å². The maximum absolute atomic E-state index is 12.0. The molecule has 2 N–H and O–H groups in total. The zero-order chi connectivity index (χ0) is 18.5. The molecule has 1 aliphatic rings. The Bertz CT molecular complexity index is 838. The molecule has 0 radical (unpaired) electrons. The second-order valence-electron chi connectivity index (χ2n) is 5.91. The second-order valence-corrected chi connectivity index (χ2v) is 6.96. The van der Waals surface area contributed by atoms with Crippen LogP contribution in [0.1, 0.15) is 11.1 Å². The summed E-state index contributed by atoms with van der Waals surface area (Å²) in [7, 11) is 0. The molecule has 0 bridgehead atoms. The summed E-state index contributed by atoms with van der Waals surface area (Å²) in [5.74, 6) is 1.14. The van der Waals surface area contributed by atoms with Crippen LogP contribution in [0, 0.1) is 13.8 Å². The normalized spacial score (nSPS) is 12.4. The number of hydrogen-bond acceptors (Lipinski definition) is 5. The zero-order valence-corrected chi connectivity index (χ0v) is 15.4. The third kappa shape index (κ3) is 4.70. The number of nitrogens with one attached hydrogen (secondary N) is 2. The number of anilines is 1. The molecule has 3 rings (SSSR count). The summed E-state index contributed by atoms with van der Waals surface area (Å²) in [5, 5.41) is 5.03. The molecule has 2 aromatic rings. The van der Waals surface area contributed by atoms with Gasteiger partial charge in [-0.3, -0.25) is 10.1 Å². The molecular weight excluding hydrogens is 352 g/mol. The fourth-order valence-corrected chi connectivity index (χ4v) is 3.26. The van der Waals surface area contributed by atoms with Crippen molar-refractivity contribution in [3.8, 4) is 11.5 Å². The number of rotatable bonds is 4. The van der Waals surface area contributed by atoms with Crippen molar-refractivity contribution in [1.29, 1.82) is 0 Å². The Hall–Kier alpha value is -2.67. The van der Waals surface area contributed by atoms with E-state index in [4.69, 9.17) is 9.47 Å². The monoisotopic (exact) mass is 372 g/mol. The van der Waals surface area contributed by atoms with Crippen LogP contribution in [-0.4, -0.2) is 30.9 Å². The van der Waals surface area contributed by atoms with Crippen molar-refractivity contribution in [3.05, 3.63) is 47.5 Å². The molecule has 0 spiro atoms. The quantitative estimate of drug-likeness (QED) is 0.803. The fourth-order valence-electron chi connectivity index (χ4n) is 2.53. The number of carbonyl (C=O) groups is 2. The number of urea groups is 1. The van der Waals surface area contributed by atoms with Crippen molar-refractivity contribution in [3.63, 3.8) is 0 Å². The smallest absolute Gasteiger partial charge is 0.325 e. The van der Waals surface area contributed by atoms with Crippen LogP contribution >= 0.6 is 11.8 Å². The Labute approximate surface area is 156 Å². The summed E-state index contributed by atoms with van der Waals surface area (Å²) in [6, 6.07) is 10.7. The van der Waals surface area contributed by atoms with Crippen LogP contribution in [0.5, 0.6) is 11.5 Å². The van der Waals surface area contributed by atoms with Crippen molar-refractivity contribution < 1.29 is 19.1 Å². The third-order valence-corrected chi connectivity index (χ3v) is 4.76. The number of hydrogen-bond donors (Lipinski definition) is 2. The largest absolute Gasteiger partial charge is 0.486 e.